The molecule has 1 aliphatic carbocycles. The summed E-state index contributed by atoms with van der Waals surface area (Å²) in [6, 6.07) is 20.7. The number of fused-ring (bicyclic) bond motifs is 1. The minimum atomic E-state index is -1.39. The Kier molecular flexibility index (Phi) is 6.06. The molecule has 3 aromatic rings. The van der Waals surface area contributed by atoms with Gasteiger partial charge in [0.2, 0.25) is 0 Å². The lowest BCUT2D eigenvalue weighted by molar-refractivity contribution is -0.173. The molecule has 0 aliphatic heterocycles. The molecule has 0 radical (unpaired) electrons. The lowest BCUT2D eigenvalue weighted by Gasteiger charge is -2.24. The van der Waals surface area contributed by atoms with Crippen molar-refractivity contribution in [1.29, 1.82) is 0 Å². The fourth-order valence-corrected chi connectivity index (χ4v) is 4.59. The predicted octanol–water partition coefficient (Wildman–Crippen LogP) is 5.05. The van der Waals surface area contributed by atoms with Gasteiger partial charge in [0.15, 0.2) is 5.41 Å². The highest BCUT2D eigenvalue weighted by Gasteiger charge is 2.53. The van der Waals surface area contributed by atoms with E-state index in [4.69, 9.17) is 21.7 Å². The van der Waals surface area contributed by atoms with E-state index in [1.54, 1.807) is 0 Å². The molecule has 0 amide bonds. The third kappa shape index (κ3) is 4.35. The molecule has 0 saturated carbocycles. The van der Waals surface area contributed by atoms with Gasteiger partial charge in [0.25, 0.3) is 0 Å². The maximum absolute atomic E-state index is 13.2. The summed E-state index contributed by atoms with van der Waals surface area (Å²) in [6.45, 7) is 0.220. The molecule has 0 saturated heterocycles. The van der Waals surface area contributed by atoms with Gasteiger partial charge in [-0.1, -0.05) is 72.9 Å². The first-order chi connectivity index (χ1) is 14.6. The second-order valence-corrected chi connectivity index (χ2v) is 8.92. The Bertz CT molecular complexity index is 1050. The SMILES string of the molecule is O=C(OCc1ccccc1)C1(C(=O)OCc2ccccc2)Cc2csc(=S)cc2C1. The lowest BCUT2D eigenvalue weighted by Crippen LogP contribution is -2.42. The zero-order valence-electron chi connectivity index (χ0n) is 16.2. The highest BCUT2D eigenvalue weighted by Crippen LogP contribution is 2.40. The van der Waals surface area contributed by atoms with Crippen LogP contribution in [-0.4, -0.2) is 11.9 Å². The number of carbonyl (C=O) groups excluding carboxylic acids is 2. The van der Waals surface area contributed by atoms with Gasteiger partial charge in [-0.3, -0.25) is 9.59 Å². The second kappa shape index (κ2) is 8.90. The number of esters is 2. The standard InChI is InChI=1S/C24H20O4S2/c25-22(27-14-17-7-3-1-4-8-17)24(12-19-11-21(29)30-16-20(19)13-24)23(26)28-15-18-9-5-2-6-10-18/h1-11,16H,12-15H2. The monoisotopic (exact) mass is 436 g/mol. The van der Waals surface area contributed by atoms with E-state index in [2.05, 4.69) is 0 Å². The molecular weight excluding hydrogens is 416 g/mol. The van der Waals surface area contributed by atoms with Crippen molar-refractivity contribution in [3.05, 3.63) is 98.2 Å². The lowest BCUT2D eigenvalue weighted by atomic mass is 9.84. The number of hydrogen-bond donors (Lipinski definition) is 0. The molecule has 0 fully saturated rings. The molecular formula is C24H20O4S2. The molecule has 4 nitrogen and oxygen atoms in total. The van der Waals surface area contributed by atoms with Gasteiger partial charge in [0, 0.05) is 6.42 Å². The Morgan fingerprint density at radius 3 is 1.87 bits per heavy atom. The number of benzene rings is 2. The van der Waals surface area contributed by atoms with E-state index in [1.165, 1.54) is 11.3 Å². The third-order valence-corrected chi connectivity index (χ3v) is 6.37. The molecule has 6 heteroatoms. The van der Waals surface area contributed by atoms with Crippen molar-refractivity contribution in [2.75, 3.05) is 0 Å². The van der Waals surface area contributed by atoms with Crippen LogP contribution in [0.1, 0.15) is 22.3 Å². The Labute approximate surface area is 184 Å². The molecule has 0 unspecified atom stereocenters. The van der Waals surface area contributed by atoms with Crippen LogP contribution in [0.5, 0.6) is 0 Å². The van der Waals surface area contributed by atoms with Gasteiger partial charge in [-0.15, -0.1) is 11.3 Å². The summed E-state index contributed by atoms with van der Waals surface area (Å²) in [5, 5.41) is 1.92. The quantitative estimate of drug-likeness (QED) is 0.307. The molecule has 4 rings (SSSR count). The first-order valence-electron chi connectivity index (χ1n) is 9.60. The molecule has 0 N–H and O–H groups in total. The van der Waals surface area contributed by atoms with E-state index in [-0.39, 0.29) is 26.1 Å². The van der Waals surface area contributed by atoms with E-state index in [1.807, 2.05) is 72.1 Å². The average Bonchev–Trinajstić information content (AvgIpc) is 3.17. The van der Waals surface area contributed by atoms with Crippen LogP contribution < -0.4 is 0 Å². The van der Waals surface area contributed by atoms with Crippen LogP contribution in [0, 0.1) is 9.24 Å². The molecule has 0 bridgehead atoms. The molecule has 1 aliphatic rings. The highest BCUT2D eigenvalue weighted by molar-refractivity contribution is 7.73. The number of ether oxygens (including phenoxy) is 2. The second-order valence-electron chi connectivity index (χ2n) is 7.31. The normalized spacial score (nSPS) is 14.0. The van der Waals surface area contributed by atoms with Crippen LogP contribution in [0.3, 0.4) is 0 Å². The van der Waals surface area contributed by atoms with Crippen LogP contribution in [0.15, 0.2) is 72.1 Å². The van der Waals surface area contributed by atoms with Crippen molar-refractivity contribution < 1.29 is 19.1 Å². The summed E-state index contributed by atoms with van der Waals surface area (Å²) in [5.74, 6) is -1.12. The summed E-state index contributed by atoms with van der Waals surface area (Å²) >= 11 is 6.70. The molecule has 1 heterocycles. The topological polar surface area (TPSA) is 52.6 Å². The van der Waals surface area contributed by atoms with Gasteiger partial charge in [0.1, 0.15) is 13.2 Å². The van der Waals surface area contributed by atoms with E-state index < -0.39 is 17.4 Å². The Morgan fingerprint density at radius 2 is 1.33 bits per heavy atom. The molecule has 0 spiro atoms. The van der Waals surface area contributed by atoms with Crippen LogP contribution in [0.2, 0.25) is 0 Å². The van der Waals surface area contributed by atoms with E-state index >= 15 is 0 Å². The van der Waals surface area contributed by atoms with E-state index in [9.17, 15) is 9.59 Å². The predicted molar refractivity (Wildman–Crippen MR) is 117 cm³/mol. The zero-order valence-corrected chi connectivity index (χ0v) is 17.8. The Hall–Kier alpha value is -2.83. The van der Waals surface area contributed by atoms with Crippen molar-refractivity contribution in [3.63, 3.8) is 0 Å². The molecule has 2 aromatic carbocycles. The van der Waals surface area contributed by atoms with Crippen molar-refractivity contribution in [2.45, 2.75) is 26.1 Å². The van der Waals surface area contributed by atoms with E-state index in [0.717, 1.165) is 26.1 Å². The van der Waals surface area contributed by atoms with Crippen LogP contribution in [-0.2, 0) is 45.1 Å². The van der Waals surface area contributed by atoms with Gasteiger partial charge in [0.05, 0.1) is 3.82 Å². The smallest absolute Gasteiger partial charge is 0.324 e. The largest absolute Gasteiger partial charge is 0.460 e. The molecule has 30 heavy (non-hydrogen) atoms. The average molecular weight is 437 g/mol. The summed E-state index contributed by atoms with van der Waals surface area (Å²) in [4.78, 5) is 26.4. The van der Waals surface area contributed by atoms with Crippen molar-refractivity contribution in [3.8, 4) is 0 Å². The maximum Gasteiger partial charge on any atom is 0.324 e. The Morgan fingerprint density at radius 1 is 0.833 bits per heavy atom. The van der Waals surface area contributed by atoms with Crippen LogP contribution in [0.25, 0.3) is 0 Å². The van der Waals surface area contributed by atoms with Crippen molar-refractivity contribution in [1.82, 2.24) is 0 Å². The first-order valence-corrected chi connectivity index (χ1v) is 10.9. The third-order valence-electron chi connectivity index (χ3n) is 5.21. The fraction of sp³-hybridized carbons (Fsp3) is 0.208. The minimum absolute atomic E-state index is 0.110. The van der Waals surface area contributed by atoms with Crippen LogP contribution >= 0.6 is 23.6 Å². The van der Waals surface area contributed by atoms with Gasteiger partial charge >= 0.3 is 11.9 Å². The molecule has 0 atom stereocenters. The van der Waals surface area contributed by atoms with Gasteiger partial charge in [-0.25, -0.2) is 0 Å². The number of carbonyl (C=O) groups is 2. The number of hydrogen-bond acceptors (Lipinski definition) is 6. The summed E-state index contributed by atoms with van der Waals surface area (Å²) in [5.41, 5.74) is 2.20. The fourth-order valence-electron chi connectivity index (χ4n) is 3.60. The summed E-state index contributed by atoms with van der Waals surface area (Å²) in [6.07, 6.45) is 0.497. The minimum Gasteiger partial charge on any atom is -0.460 e. The highest BCUT2D eigenvalue weighted by atomic mass is 32.1. The Balaban J connectivity index is 1.56. The van der Waals surface area contributed by atoms with Crippen LogP contribution in [0.4, 0.5) is 0 Å². The van der Waals surface area contributed by atoms with Crippen molar-refractivity contribution in [2.24, 2.45) is 5.41 Å². The zero-order chi connectivity index (χ0) is 21.0. The molecule has 1 aromatic heterocycles. The van der Waals surface area contributed by atoms with Gasteiger partial charge < -0.3 is 9.47 Å². The van der Waals surface area contributed by atoms with Crippen molar-refractivity contribution >= 4 is 35.5 Å². The van der Waals surface area contributed by atoms with Gasteiger partial charge in [-0.05, 0) is 40.1 Å². The molecule has 152 valence electrons. The maximum atomic E-state index is 13.2. The summed E-state index contributed by atoms with van der Waals surface area (Å²) < 4.78 is 11.9. The summed E-state index contributed by atoms with van der Waals surface area (Å²) in [7, 11) is 0. The number of rotatable bonds is 6. The van der Waals surface area contributed by atoms with Gasteiger partial charge in [-0.2, -0.15) is 0 Å². The van der Waals surface area contributed by atoms with E-state index in [0.29, 0.717) is 0 Å². The first kappa shape index (κ1) is 20.4.